The SMILES string of the molecule is c1ccc2c3c([nH]c2c1)CNNC3. The van der Waals surface area contributed by atoms with E-state index in [9.17, 15) is 0 Å². The summed E-state index contributed by atoms with van der Waals surface area (Å²) in [6.07, 6.45) is 0. The zero-order valence-electron chi connectivity index (χ0n) is 7.22. The Bertz CT molecular complexity index is 444. The first kappa shape index (κ1) is 7.12. The van der Waals surface area contributed by atoms with Gasteiger partial charge in [0.25, 0.3) is 0 Å². The van der Waals surface area contributed by atoms with Crippen LogP contribution in [0.25, 0.3) is 10.9 Å². The number of nitrogens with one attached hydrogen (secondary N) is 3. The highest BCUT2D eigenvalue weighted by atomic mass is 15.4. The van der Waals surface area contributed by atoms with Gasteiger partial charge in [0.05, 0.1) is 6.54 Å². The van der Waals surface area contributed by atoms with Gasteiger partial charge in [-0.2, -0.15) is 0 Å². The Kier molecular flexibility index (Phi) is 1.41. The lowest BCUT2D eigenvalue weighted by Crippen LogP contribution is -2.35. The van der Waals surface area contributed by atoms with E-state index in [1.807, 2.05) is 0 Å². The number of aromatic nitrogens is 1. The summed E-state index contributed by atoms with van der Waals surface area (Å²) in [4.78, 5) is 3.41. The fourth-order valence-corrected chi connectivity index (χ4v) is 1.91. The molecule has 66 valence electrons. The van der Waals surface area contributed by atoms with Crippen molar-refractivity contribution in [3.05, 3.63) is 35.5 Å². The number of aromatic amines is 1. The van der Waals surface area contributed by atoms with Crippen LogP contribution >= 0.6 is 0 Å². The van der Waals surface area contributed by atoms with Gasteiger partial charge in [-0.3, -0.25) is 10.9 Å². The molecule has 1 aliphatic heterocycles. The molecule has 0 fully saturated rings. The first-order valence-corrected chi connectivity index (χ1v) is 4.49. The summed E-state index contributed by atoms with van der Waals surface area (Å²) < 4.78 is 0. The lowest BCUT2D eigenvalue weighted by Gasteiger charge is -2.13. The van der Waals surface area contributed by atoms with Gasteiger partial charge in [-0.1, -0.05) is 18.2 Å². The predicted molar refractivity (Wildman–Crippen MR) is 52.0 cm³/mol. The number of hydrazine groups is 1. The van der Waals surface area contributed by atoms with Crippen molar-refractivity contribution < 1.29 is 0 Å². The summed E-state index contributed by atoms with van der Waals surface area (Å²) in [6.45, 7) is 1.78. The van der Waals surface area contributed by atoms with Gasteiger partial charge < -0.3 is 4.98 Å². The highest BCUT2D eigenvalue weighted by Crippen LogP contribution is 2.23. The molecule has 0 spiro atoms. The van der Waals surface area contributed by atoms with Gasteiger partial charge in [0.2, 0.25) is 0 Å². The van der Waals surface area contributed by atoms with Crippen LogP contribution in [-0.2, 0) is 13.1 Å². The van der Waals surface area contributed by atoms with Gasteiger partial charge in [0, 0.05) is 23.1 Å². The van der Waals surface area contributed by atoms with Crippen LogP contribution in [0.15, 0.2) is 24.3 Å². The molecule has 0 saturated heterocycles. The Morgan fingerprint density at radius 3 is 2.85 bits per heavy atom. The van der Waals surface area contributed by atoms with Crippen LogP contribution < -0.4 is 10.9 Å². The fourth-order valence-electron chi connectivity index (χ4n) is 1.91. The van der Waals surface area contributed by atoms with Crippen molar-refractivity contribution >= 4 is 10.9 Å². The van der Waals surface area contributed by atoms with Crippen molar-refractivity contribution in [1.82, 2.24) is 15.8 Å². The first-order chi connectivity index (χ1) is 6.45. The van der Waals surface area contributed by atoms with Gasteiger partial charge in [0.1, 0.15) is 0 Å². The normalized spacial score (nSPS) is 16.0. The number of hydrogen-bond donors (Lipinski definition) is 3. The number of rotatable bonds is 0. The largest absolute Gasteiger partial charge is 0.357 e. The van der Waals surface area contributed by atoms with Gasteiger partial charge >= 0.3 is 0 Å². The molecule has 0 amide bonds. The van der Waals surface area contributed by atoms with Gasteiger partial charge in [0.15, 0.2) is 0 Å². The number of fused-ring (bicyclic) bond motifs is 3. The van der Waals surface area contributed by atoms with Crippen molar-refractivity contribution in [3.8, 4) is 0 Å². The molecule has 0 radical (unpaired) electrons. The molecule has 3 rings (SSSR count). The fraction of sp³-hybridized carbons (Fsp3) is 0.200. The molecule has 0 unspecified atom stereocenters. The zero-order chi connectivity index (χ0) is 8.67. The third kappa shape index (κ3) is 0.978. The minimum atomic E-state index is 0.879. The van der Waals surface area contributed by atoms with Crippen molar-refractivity contribution in [2.24, 2.45) is 0 Å². The Morgan fingerprint density at radius 2 is 1.85 bits per heavy atom. The molecule has 13 heavy (non-hydrogen) atoms. The molecule has 3 N–H and O–H groups in total. The lowest BCUT2D eigenvalue weighted by molar-refractivity contribution is 0.493. The molecular weight excluding hydrogens is 162 g/mol. The minimum absolute atomic E-state index is 0.879. The Labute approximate surface area is 76.1 Å². The van der Waals surface area contributed by atoms with Crippen LogP contribution in [0.2, 0.25) is 0 Å². The molecule has 0 atom stereocenters. The molecular formula is C10H11N3. The summed E-state index contributed by atoms with van der Waals surface area (Å²) >= 11 is 0. The van der Waals surface area contributed by atoms with Crippen LogP contribution in [0.1, 0.15) is 11.3 Å². The van der Waals surface area contributed by atoms with Crippen molar-refractivity contribution in [3.63, 3.8) is 0 Å². The summed E-state index contributed by atoms with van der Waals surface area (Å²) in [5.74, 6) is 0. The zero-order valence-corrected chi connectivity index (χ0v) is 7.22. The van der Waals surface area contributed by atoms with E-state index in [-0.39, 0.29) is 0 Å². The summed E-state index contributed by atoms with van der Waals surface area (Å²) in [7, 11) is 0. The molecule has 2 heterocycles. The maximum absolute atomic E-state index is 3.41. The van der Waals surface area contributed by atoms with Crippen molar-refractivity contribution in [2.75, 3.05) is 0 Å². The highest BCUT2D eigenvalue weighted by Gasteiger charge is 2.13. The van der Waals surface area contributed by atoms with E-state index in [4.69, 9.17) is 0 Å². The second-order valence-electron chi connectivity index (χ2n) is 3.33. The standard InChI is InChI=1S/C10H11N3/c1-2-4-9-7(3-1)8-5-11-12-6-10(8)13-9/h1-4,11-13H,5-6H2. The van der Waals surface area contributed by atoms with E-state index in [0.29, 0.717) is 0 Å². The Balaban J connectivity index is 2.34. The second kappa shape index (κ2) is 2.58. The third-order valence-corrected chi connectivity index (χ3v) is 2.56. The second-order valence-corrected chi connectivity index (χ2v) is 3.33. The van der Waals surface area contributed by atoms with E-state index in [1.54, 1.807) is 0 Å². The van der Waals surface area contributed by atoms with Crippen molar-refractivity contribution in [2.45, 2.75) is 13.1 Å². The third-order valence-electron chi connectivity index (χ3n) is 2.56. The number of H-pyrrole nitrogens is 1. The molecule has 0 bridgehead atoms. The van der Waals surface area contributed by atoms with E-state index in [2.05, 4.69) is 40.1 Å². The van der Waals surface area contributed by atoms with Crippen LogP contribution in [0.4, 0.5) is 0 Å². The average molecular weight is 173 g/mol. The molecule has 3 heteroatoms. The number of benzene rings is 1. The number of para-hydroxylation sites is 1. The Morgan fingerprint density at radius 1 is 1.00 bits per heavy atom. The molecule has 0 aliphatic carbocycles. The molecule has 1 aliphatic rings. The molecule has 0 saturated carbocycles. The summed E-state index contributed by atoms with van der Waals surface area (Å²) in [5, 5.41) is 1.34. The lowest BCUT2D eigenvalue weighted by atomic mass is 10.1. The maximum Gasteiger partial charge on any atom is 0.0506 e. The van der Waals surface area contributed by atoms with E-state index < -0.39 is 0 Å². The van der Waals surface area contributed by atoms with Gasteiger partial charge in [-0.15, -0.1) is 0 Å². The molecule has 3 nitrogen and oxygen atoms in total. The smallest absolute Gasteiger partial charge is 0.0506 e. The topological polar surface area (TPSA) is 39.9 Å². The Hall–Kier alpha value is -1.32. The maximum atomic E-state index is 3.41. The summed E-state index contributed by atoms with van der Waals surface area (Å²) in [6, 6.07) is 8.43. The molecule has 1 aromatic carbocycles. The number of hydrogen-bond acceptors (Lipinski definition) is 2. The minimum Gasteiger partial charge on any atom is -0.357 e. The monoisotopic (exact) mass is 173 g/mol. The van der Waals surface area contributed by atoms with E-state index in [0.717, 1.165) is 13.1 Å². The quantitative estimate of drug-likeness (QED) is 0.561. The van der Waals surface area contributed by atoms with Crippen LogP contribution in [-0.4, -0.2) is 4.98 Å². The molecule has 1 aromatic heterocycles. The van der Waals surface area contributed by atoms with Crippen LogP contribution in [0.5, 0.6) is 0 Å². The highest BCUT2D eigenvalue weighted by molar-refractivity contribution is 5.84. The van der Waals surface area contributed by atoms with E-state index >= 15 is 0 Å². The molecule has 2 aromatic rings. The average Bonchev–Trinajstić information content (AvgIpc) is 2.56. The first-order valence-electron chi connectivity index (χ1n) is 4.49. The van der Waals surface area contributed by atoms with E-state index in [1.165, 1.54) is 22.2 Å². The van der Waals surface area contributed by atoms with Gasteiger partial charge in [-0.05, 0) is 11.6 Å². The van der Waals surface area contributed by atoms with Crippen LogP contribution in [0, 0.1) is 0 Å². The predicted octanol–water partition coefficient (Wildman–Crippen LogP) is 1.28. The van der Waals surface area contributed by atoms with Crippen LogP contribution in [0.3, 0.4) is 0 Å². The van der Waals surface area contributed by atoms with Crippen molar-refractivity contribution in [1.29, 1.82) is 0 Å². The summed E-state index contributed by atoms with van der Waals surface area (Å²) in [5.41, 5.74) is 10.2. The van der Waals surface area contributed by atoms with Gasteiger partial charge in [-0.25, -0.2) is 0 Å².